The van der Waals surface area contributed by atoms with E-state index in [1.807, 2.05) is 0 Å². The average Bonchev–Trinajstić information content (AvgIpc) is 2.51. The van der Waals surface area contributed by atoms with E-state index in [0.29, 0.717) is 12.0 Å². The fourth-order valence-corrected chi connectivity index (χ4v) is 2.50. The third-order valence-corrected chi connectivity index (χ3v) is 3.85. The number of nitrogens with one attached hydrogen (secondary N) is 1. The predicted molar refractivity (Wildman–Crippen MR) is 81.0 cm³/mol. The minimum atomic E-state index is -1.34. The van der Waals surface area contributed by atoms with E-state index in [1.165, 1.54) is 25.2 Å². The van der Waals surface area contributed by atoms with Gasteiger partial charge in [-0.3, -0.25) is 25.1 Å². The summed E-state index contributed by atoms with van der Waals surface area (Å²) in [6.07, 6.45) is -0.945. The van der Waals surface area contributed by atoms with Crippen LogP contribution >= 0.6 is 0 Å². The fourth-order valence-electron chi connectivity index (χ4n) is 2.50. The smallest absolute Gasteiger partial charge is 0.411 e. The number of nitro groups is 1. The van der Waals surface area contributed by atoms with Crippen LogP contribution in [0.4, 0.5) is 10.5 Å². The summed E-state index contributed by atoms with van der Waals surface area (Å²) in [4.78, 5) is 39.1. The van der Waals surface area contributed by atoms with E-state index >= 15 is 0 Å². The Balaban J connectivity index is 2.56. The molecule has 0 saturated carbocycles. The van der Waals surface area contributed by atoms with Gasteiger partial charge in [0.05, 0.1) is 16.9 Å². The van der Waals surface area contributed by atoms with Crippen LogP contribution in [0.5, 0.6) is 0 Å². The molecule has 9 nitrogen and oxygen atoms in total. The summed E-state index contributed by atoms with van der Waals surface area (Å²) >= 11 is 0. The van der Waals surface area contributed by atoms with Crippen molar-refractivity contribution in [2.45, 2.75) is 25.3 Å². The Hall–Kier alpha value is -2.97. The maximum absolute atomic E-state index is 12.2. The number of hydrogen-bond donors (Lipinski definition) is 2. The van der Waals surface area contributed by atoms with Crippen molar-refractivity contribution in [3.8, 4) is 0 Å². The molecule has 1 aromatic rings. The van der Waals surface area contributed by atoms with Gasteiger partial charge in [-0.25, -0.2) is 9.79 Å². The molecular weight excluding hydrogens is 304 g/mol. The molecule has 1 aliphatic heterocycles. The van der Waals surface area contributed by atoms with E-state index in [1.54, 1.807) is 13.0 Å². The molecule has 0 aromatic heterocycles. The molecule has 0 bridgehead atoms. The monoisotopic (exact) mass is 320 g/mol. The van der Waals surface area contributed by atoms with Crippen molar-refractivity contribution < 1.29 is 19.6 Å². The van der Waals surface area contributed by atoms with Crippen molar-refractivity contribution in [1.29, 1.82) is 0 Å². The molecule has 0 aliphatic carbocycles. The van der Waals surface area contributed by atoms with Crippen LogP contribution in [0.1, 0.15) is 25.3 Å². The minimum absolute atomic E-state index is 0.00592. The van der Waals surface area contributed by atoms with E-state index in [-0.39, 0.29) is 24.0 Å². The predicted octanol–water partition coefficient (Wildman–Crippen LogP) is 1.69. The quantitative estimate of drug-likeness (QED) is 0.647. The first-order valence-electron chi connectivity index (χ1n) is 6.90. The van der Waals surface area contributed by atoms with Crippen LogP contribution in [0.2, 0.25) is 0 Å². The highest BCUT2D eigenvalue weighted by molar-refractivity contribution is 6.04. The summed E-state index contributed by atoms with van der Waals surface area (Å²) in [6, 6.07) is 5.89. The number of hydrogen-bond acceptors (Lipinski definition) is 5. The maximum Gasteiger partial charge on any atom is 0.411 e. The van der Waals surface area contributed by atoms with Crippen LogP contribution in [0.25, 0.3) is 0 Å². The van der Waals surface area contributed by atoms with Crippen molar-refractivity contribution in [3.63, 3.8) is 0 Å². The van der Waals surface area contributed by atoms with Gasteiger partial charge < -0.3 is 5.11 Å². The Morgan fingerprint density at radius 1 is 1.57 bits per heavy atom. The lowest BCUT2D eigenvalue weighted by molar-refractivity contribution is -0.385. The molecule has 2 amide bonds. The molecule has 122 valence electrons. The van der Waals surface area contributed by atoms with Crippen LogP contribution in [0.3, 0.4) is 0 Å². The van der Waals surface area contributed by atoms with Gasteiger partial charge in [-0.05, 0) is 12.0 Å². The van der Waals surface area contributed by atoms with Crippen molar-refractivity contribution in [1.82, 2.24) is 10.2 Å². The van der Waals surface area contributed by atoms with Gasteiger partial charge in [0.15, 0.2) is 0 Å². The minimum Gasteiger partial charge on any atom is -0.465 e. The highest BCUT2D eigenvalue weighted by Gasteiger charge is 2.40. The molecule has 0 spiro atoms. The number of nitrogens with zero attached hydrogens (tertiary/aromatic N) is 3. The lowest BCUT2D eigenvalue weighted by Gasteiger charge is -2.36. The van der Waals surface area contributed by atoms with Crippen molar-refractivity contribution in [3.05, 3.63) is 39.9 Å². The Morgan fingerprint density at radius 3 is 2.83 bits per heavy atom. The number of non-ortho nitro benzene ring substituents is 1. The molecule has 1 atom stereocenters. The van der Waals surface area contributed by atoms with Crippen molar-refractivity contribution >= 4 is 23.6 Å². The highest BCUT2D eigenvalue weighted by atomic mass is 16.6. The summed E-state index contributed by atoms with van der Waals surface area (Å²) < 4.78 is 0. The zero-order valence-corrected chi connectivity index (χ0v) is 12.6. The fraction of sp³-hybridized carbons (Fsp3) is 0.357. The molecule has 0 radical (unpaired) electrons. The van der Waals surface area contributed by atoms with Gasteiger partial charge in [-0.15, -0.1) is 0 Å². The van der Waals surface area contributed by atoms with Crippen LogP contribution in [-0.4, -0.2) is 39.9 Å². The summed E-state index contributed by atoms with van der Waals surface area (Å²) in [5.74, 6) is -0.417. The van der Waals surface area contributed by atoms with Crippen molar-refractivity contribution in [2.75, 3.05) is 7.05 Å². The average molecular weight is 320 g/mol. The van der Waals surface area contributed by atoms with Crippen LogP contribution in [0, 0.1) is 10.1 Å². The van der Waals surface area contributed by atoms with E-state index < -0.39 is 16.6 Å². The topological polar surface area (TPSA) is 125 Å². The molecule has 1 aliphatic rings. The number of nitro benzene ring substituents is 1. The second-order valence-corrected chi connectivity index (χ2v) is 5.19. The Bertz CT molecular complexity index is 702. The summed E-state index contributed by atoms with van der Waals surface area (Å²) in [7, 11) is 1.42. The molecule has 2 rings (SSSR count). The highest BCUT2D eigenvalue weighted by Crippen LogP contribution is 2.37. The molecule has 0 saturated heterocycles. The van der Waals surface area contributed by atoms with Crippen LogP contribution in [-0.2, 0) is 10.3 Å². The number of carbonyl (C=O) groups excluding carboxylic acids is 1. The summed E-state index contributed by atoms with van der Waals surface area (Å²) in [6.45, 7) is 1.79. The normalized spacial score (nSPS) is 20.9. The molecule has 1 heterocycles. The zero-order valence-electron chi connectivity index (χ0n) is 12.6. The Morgan fingerprint density at radius 2 is 2.26 bits per heavy atom. The lowest BCUT2D eigenvalue weighted by atomic mass is 9.83. The van der Waals surface area contributed by atoms with E-state index in [0.717, 1.165) is 4.90 Å². The van der Waals surface area contributed by atoms with Gasteiger partial charge in [-0.2, -0.15) is 0 Å². The summed E-state index contributed by atoms with van der Waals surface area (Å²) in [5, 5.41) is 21.9. The number of guanidine groups is 1. The Kier molecular flexibility index (Phi) is 4.30. The molecule has 9 heteroatoms. The molecule has 1 aromatic carbocycles. The zero-order chi connectivity index (χ0) is 17.2. The molecule has 0 unspecified atom stereocenters. The third-order valence-electron chi connectivity index (χ3n) is 3.85. The molecular formula is C14H16N4O5. The van der Waals surface area contributed by atoms with Crippen LogP contribution in [0.15, 0.2) is 29.3 Å². The third kappa shape index (κ3) is 3.12. The molecule has 2 N–H and O–H groups in total. The first-order chi connectivity index (χ1) is 10.8. The first-order valence-corrected chi connectivity index (χ1v) is 6.90. The second-order valence-electron chi connectivity index (χ2n) is 5.19. The van der Waals surface area contributed by atoms with Gasteiger partial charge in [-0.1, -0.05) is 19.1 Å². The number of carbonyl (C=O) groups is 2. The van der Waals surface area contributed by atoms with Gasteiger partial charge in [0.25, 0.3) is 5.69 Å². The maximum atomic E-state index is 12.2. The first kappa shape index (κ1) is 16.4. The SMILES string of the molecule is CC[C@@]1(c2cccc([N+](=O)[O-])c2)CC(=O)N(C)C(NC(=O)O)=N1. The van der Waals surface area contributed by atoms with E-state index in [2.05, 4.69) is 10.3 Å². The molecule has 23 heavy (non-hydrogen) atoms. The van der Waals surface area contributed by atoms with E-state index in [4.69, 9.17) is 5.11 Å². The number of amides is 2. The van der Waals surface area contributed by atoms with Gasteiger partial charge >= 0.3 is 6.09 Å². The molecule has 0 fully saturated rings. The van der Waals surface area contributed by atoms with Crippen LogP contribution < -0.4 is 5.32 Å². The Labute approximate surface area is 131 Å². The number of benzene rings is 1. The summed E-state index contributed by atoms with van der Waals surface area (Å²) in [5.41, 5.74) is -0.641. The number of aliphatic imine (C=N–C) groups is 1. The van der Waals surface area contributed by atoms with E-state index in [9.17, 15) is 19.7 Å². The standard InChI is InChI=1S/C14H16N4O5/c1-3-14(9-5-4-6-10(7-9)18(22)23)8-11(19)17(2)12(16-14)15-13(20)21/h4-7H,3,8H2,1-2H3,(H,15,16)(H,20,21)/t14-/m0/s1. The number of carboxylic acid groups (broad SMARTS) is 1. The van der Waals surface area contributed by atoms with Gasteiger partial charge in [0.1, 0.15) is 0 Å². The van der Waals surface area contributed by atoms with Crippen molar-refractivity contribution in [2.24, 2.45) is 4.99 Å². The van der Waals surface area contributed by atoms with Gasteiger partial charge in [0, 0.05) is 19.2 Å². The lowest BCUT2D eigenvalue weighted by Crippen LogP contribution is -2.51. The second kappa shape index (κ2) is 6.03. The van der Waals surface area contributed by atoms with Gasteiger partial charge in [0.2, 0.25) is 11.9 Å². The largest absolute Gasteiger partial charge is 0.465 e. The number of rotatable bonds is 3.